The molecule has 0 spiro atoms. The number of phenolic OH excluding ortho intramolecular Hbond substituents is 1. The zero-order valence-electron chi connectivity index (χ0n) is 21.3. The number of likely N-dealkylation sites (tertiary alicyclic amines) is 1. The van der Waals surface area contributed by atoms with Gasteiger partial charge < -0.3 is 24.7 Å². The molecule has 35 heavy (non-hydrogen) atoms. The fraction of sp³-hybridized carbons (Fsp3) is 0.429. The molecule has 0 aliphatic carbocycles. The van der Waals surface area contributed by atoms with Crippen LogP contribution in [0.3, 0.4) is 0 Å². The van der Waals surface area contributed by atoms with E-state index in [4.69, 9.17) is 4.74 Å². The van der Waals surface area contributed by atoms with Crippen molar-refractivity contribution in [3.8, 4) is 11.5 Å². The van der Waals surface area contributed by atoms with E-state index in [9.17, 15) is 19.8 Å². The van der Waals surface area contributed by atoms with E-state index in [0.29, 0.717) is 42.5 Å². The molecule has 2 aromatic rings. The Labute approximate surface area is 207 Å². The monoisotopic (exact) mass is 480 g/mol. The van der Waals surface area contributed by atoms with Gasteiger partial charge in [-0.15, -0.1) is 0 Å². The van der Waals surface area contributed by atoms with Gasteiger partial charge in [-0.1, -0.05) is 37.8 Å². The molecule has 2 aromatic carbocycles. The number of aromatic hydroxyl groups is 1. The van der Waals surface area contributed by atoms with Gasteiger partial charge in [-0.2, -0.15) is 0 Å². The molecular formula is C28H36N2O5. The topological polar surface area (TPSA) is 94.3 Å². The molecule has 0 saturated carbocycles. The van der Waals surface area contributed by atoms with Gasteiger partial charge in [-0.05, 0) is 67.6 Å². The molecule has 1 saturated heterocycles. The lowest BCUT2D eigenvalue weighted by molar-refractivity contribution is -0.895. The number of hydrogen-bond donors (Lipinski definition) is 2. The number of nitrogens with zero attached hydrogens (tertiary/aromatic N) is 1. The van der Waals surface area contributed by atoms with Gasteiger partial charge in [0.05, 0.1) is 38.8 Å². The van der Waals surface area contributed by atoms with Crippen molar-refractivity contribution in [1.29, 1.82) is 0 Å². The summed E-state index contributed by atoms with van der Waals surface area (Å²) in [5.41, 5.74) is 1.70. The Morgan fingerprint density at radius 2 is 1.77 bits per heavy atom. The van der Waals surface area contributed by atoms with E-state index in [1.807, 2.05) is 6.92 Å². The van der Waals surface area contributed by atoms with E-state index >= 15 is 0 Å². The van der Waals surface area contributed by atoms with Crippen LogP contribution >= 0.6 is 0 Å². The predicted octanol–water partition coefficient (Wildman–Crippen LogP) is 1.88. The number of nitrogens with one attached hydrogen (secondary N) is 1. The molecule has 1 fully saturated rings. The quantitative estimate of drug-likeness (QED) is 0.308. The van der Waals surface area contributed by atoms with Gasteiger partial charge >= 0.3 is 0 Å². The first-order valence-corrected chi connectivity index (χ1v) is 12.3. The van der Waals surface area contributed by atoms with Crippen LogP contribution in [0.2, 0.25) is 0 Å². The predicted molar refractivity (Wildman–Crippen MR) is 133 cm³/mol. The van der Waals surface area contributed by atoms with E-state index in [1.54, 1.807) is 30.3 Å². The van der Waals surface area contributed by atoms with Crippen molar-refractivity contribution in [3.63, 3.8) is 0 Å². The molecule has 1 atom stereocenters. The third kappa shape index (κ3) is 5.85. The number of ketones is 1. The van der Waals surface area contributed by atoms with Crippen LogP contribution in [-0.4, -0.2) is 54.5 Å². The number of amides is 1. The van der Waals surface area contributed by atoms with Gasteiger partial charge in [0.15, 0.2) is 0 Å². The summed E-state index contributed by atoms with van der Waals surface area (Å²) in [5.74, 6) is -0.759. The molecule has 1 unspecified atom stereocenters. The normalized spacial score (nSPS) is 17.6. The first-order chi connectivity index (χ1) is 16.7. The zero-order chi connectivity index (χ0) is 25.7. The number of carbonyl (C=O) groups excluding carboxylic acids is 2. The smallest absolute Gasteiger partial charge is 0.295 e. The van der Waals surface area contributed by atoms with Gasteiger partial charge in [0.25, 0.3) is 5.91 Å². The second-order valence-electron chi connectivity index (χ2n) is 9.46. The molecule has 0 bridgehead atoms. The van der Waals surface area contributed by atoms with E-state index in [1.165, 1.54) is 21.9 Å². The Bertz CT molecular complexity index is 1090. The Balaban J connectivity index is 2.04. The van der Waals surface area contributed by atoms with Crippen LogP contribution in [0.25, 0.3) is 5.76 Å². The average Bonchev–Trinajstić information content (AvgIpc) is 3.08. The highest BCUT2D eigenvalue weighted by atomic mass is 16.5. The Morgan fingerprint density at radius 1 is 1.11 bits per heavy atom. The van der Waals surface area contributed by atoms with Crippen LogP contribution in [0.15, 0.2) is 48.0 Å². The van der Waals surface area contributed by atoms with Crippen molar-refractivity contribution < 1.29 is 29.4 Å². The number of rotatable bonds is 10. The number of likely N-dealkylation sites (N-methyl/N-ethyl adjacent to an activating group) is 1. The van der Waals surface area contributed by atoms with Crippen LogP contribution in [0, 0.1) is 12.8 Å². The maximum atomic E-state index is 13.6. The van der Waals surface area contributed by atoms with Crippen molar-refractivity contribution in [2.45, 2.75) is 40.7 Å². The first kappa shape index (κ1) is 26.3. The number of ether oxygens (including phenoxy) is 1. The maximum Gasteiger partial charge on any atom is 0.295 e. The van der Waals surface area contributed by atoms with Crippen LogP contribution < -0.4 is 14.7 Å². The SMILES string of the molecule is CC[NH+](CC)CCN1C(=O)C(=O)/C(=C(/[O-])c2ccc(OCC(C)C)c(C)c2)C1c1ccc(O)cc1. The van der Waals surface area contributed by atoms with Gasteiger partial charge in [0, 0.05) is 5.57 Å². The molecule has 1 heterocycles. The molecule has 1 amide bonds. The number of quaternary nitrogens is 1. The molecule has 0 radical (unpaired) electrons. The van der Waals surface area contributed by atoms with Crippen LogP contribution in [-0.2, 0) is 9.59 Å². The molecule has 1 aliphatic rings. The van der Waals surface area contributed by atoms with Gasteiger partial charge in [0.2, 0.25) is 5.78 Å². The molecular weight excluding hydrogens is 444 g/mol. The van der Waals surface area contributed by atoms with Gasteiger partial charge in [-0.3, -0.25) is 9.59 Å². The van der Waals surface area contributed by atoms with Crippen molar-refractivity contribution in [2.75, 3.05) is 32.8 Å². The summed E-state index contributed by atoms with van der Waals surface area (Å²) in [6.45, 7) is 13.5. The second-order valence-corrected chi connectivity index (χ2v) is 9.46. The summed E-state index contributed by atoms with van der Waals surface area (Å²) in [6.07, 6.45) is 0. The summed E-state index contributed by atoms with van der Waals surface area (Å²) < 4.78 is 5.82. The van der Waals surface area contributed by atoms with Crippen molar-refractivity contribution >= 4 is 17.4 Å². The molecule has 3 rings (SSSR count). The van der Waals surface area contributed by atoms with Crippen molar-refractivity contribution in [2.24, 2.45) is 5.92 Å². The average molecular weight is 481 g/mol. The van der Waals surface area contributed by atoms with Crippen LogP contribution in [0.4, 0.5) is 0 Å². The zero-order valence-corrected chi connectivity index (χ0v) is 21.3. The van der Waals surface area contributed by atoms with E-state index in [-0.39, 0.29) is 11.3 Å². The number of Topliss-reactive ketones (excluding diaryl/α,β-unsaturated/α-hetero) is 1. The first-order valence-electron chi connectivity index (χ1n) is 12.3. The van der Waals surface area contributed by atoms with Crippen LogP contribution in [0.1, 0.15) is 50.4 Å². The summed E-state index contributed by atoms with van der Waals surface area (Å²) in [6, 6.07) is 10.6. The molecule has 7 nitrogen and oxygen atoms in total. The molecule has 188 valence electrons. The minimum absolute atomic E-state index is 0.0505. The minimum Gasteiger partial charge on any atom is -0.872 e. The summed E-state index contributed by atoms with van der Waals surface area (Å²) >= 11 is 0. The minimum atomic E-state index is -0.796. The fourth-order valence-electron chi connectivity index (χ4n) is 4.35. The fourth-order valence-corrected chi connectivity index (χ4v) is 4.35. The number of hydrogen-bond acceptors (Lipinski definition) is 5. The number of phenols is 1. The summed E-state index contributed by atoms with van der Waals surface area (Å²) in [7, 11) is 0. The number of carbonyl (C=O) groups is 2. The Morgan fingerprint density at radius 3 is 2.34 bits per heavy atom. The second kappa shape index (κ2) is 11.4. The Kier molecular flexibility index (Phi) is 8.57. The van der Waals surface area contributed by atoms with Crippen LogP contribution in [0.5, 0.6) is 11.5 Å². The highest BCUT2D eigenvalue weighted by molar-refractivity contribution is 6.46. The lowest BCUT2D eigenvalue weighted by atomic mass is 9.94. The molecule has 0 aromatic heterocycles. The highest BCUT2D eigenvalue weighted by Gasteiger charge is 2.44. The third-order valence-corrected chi connectivity index (χ3v) is 6.45. The number of benzene rings is 2. The largest absolute Gasteiger partial charge is 0.872 e. The molecule has 2 N–H and O–H groups in total. The van der Waals surface area contributed by atoms with Crippen molar-refractivity contribution in [1.82, 2.24) is 4.90 Å². The lowest BCUT2D eigenvalue weighted by Gasteiger charge is -2.28. The summed E-state index contributed by atoms with van der Waals surface area (Å²) in [5, 5.41) is 23.4. The number of aryl methyl sites for hydroxylation is 1. The summed E-state index contributed by atoms with van der Waals surface area (Å²) in [4.78, 5) is 29.0. The van der Waals surface area contributed by atoms with E-state index in [2.05, 4.69) is 27.7 Å². The third-order valence-electron chi connectivity index (χ3n) is 6.45. The van der Waals surface area contributed by atoms with E-state index in [0.717, 1.165) is 18.7 Å². The Hall–Kier alpha value is -3.32. The maximum absolute atomic E-state index is 13.6. The molecule has 1 aliphatic heterocycles. The molecule has 7 heteroatoms. The van der Waals surface area contributed by atoms with E-state index < -0.39 is 23.5 Å². The van der Waals surface area contributed by atoms with Gasteiger partial charge in [-0.25, -0.2) is 0 Å². The highest BCUT2D eigenvalue weighted by Crippen LogP contribution is 2.39. The van der Waals surface area contributed by atoms with Gasteiger partial charge in [0.1, 0.15) is 11.5 Å². The van der Waals surface area contributed by atoms with Crippen molar-refractivity contribution in [3.05, 3.63) is 64.7 Å². The lowest BCUT2D eigenvalue weighted by Crippen LogP contribution is -3.12. The standard InChI is InChI=1S/C28H36N2O5/c1-6-29(7-2)14-15-30-25(20-8-11-22(31)12-9-20)24(27(33)28(30)34)26(32)21-10-13-23(19(5)16-21)35-17-18(3)4/h8-13,16,18,25,31-32H,6-7,14-15,17H2,1-5H3/b26-24+.